The second-order valence-electron chi connectivity index (χ2n) is 4.25. The molecule has 0 aromatic heterocycles. The third-order valence-electron chi connectivity index (χ3n) is 2.54. The van der Waals surface area contributed by atoms with Gasteiger partial charge < -0.3 is 10.1 Å². The lowest BCUT2D eigenvalue weighted by Gasteiger charge is -2.10. The Kier molecular flexibility index (Phi) is 6.35. The second kappa shape index (κ2) is 8.26. The smallest absolute Gasteiger partial charge is 0.264 e. The molecule has 0 radical (unpaired) electrons. The number of hydrogen-bond acceptors (Lipinski definition) is 3. The van der Waals surface area contributed by atoms with E-state index in [-0.39, 0.29) is 17.6 Å². The predicted molar refractivity (Wildman–Crippen MR) is 98.1 cm³/mol. The number of rotatable bonds is 4. The molecule has 0 saturated carbocycles. The number of carbonyl (C=O) groups is 1. The predicted octanol–water partition coefficient (Wildman–Crippen LogP) is 4.10. The quantitative estimate of drug-likeness (QED) is 0.698. The average molecular weight is 444 g/mol. The maximum absolute atomic E-state index is 11.8. The summed E-state index contributed by atoms with van der Waals surface area (Å²) in [5.41, 5.74) is 0.794. The average Bonchev–Trinajstić information content (AvgIpc) is 2.49. The van der Waals surface area contributed by atoms with Crippen LogP contribution in [0.2, 0.25) is 0 Å². The highest BCUT2D eigenvalue weighted by molar-refractivity contribution is 9.10. The third kappa shape index (κ3) is 5.75. The van der Waals surface area contributed by atoms with Crippen molar-refractivity contribution < 1.29 is 9.53 Å². The minimum Gasteiger partial charge on any atom is -0.484 e. The Balaban J connectivity index is 1.77. The van der Waals surface area contributed by atoms with Crippen molar-refractivity contribution in [2.24, 2.45) is 0 Å². The number of anilines is 1. The van der Waals surface area contributed by atoms with E-state index in [0.717, 1.165) is 14.6 Å². The van der Waals surface area contributed by atoms with Crippen molar-refractivity contribution in [1.29, 1.82) is 0 Å². The number of hydrogen-bond donors (Lipinski definition) is 2. The molecular weight excluding hydrogens is 432 g/mol. The Hall–Kier alpha value is -1.44. The Morgan fingerprint density at radius 3 is 2.14 bits per heavy atom. The molecule has 2 aromatic carbocycles. The summed E-state index contributed by atoms with van der Waals surface area (Å²) in [6.45, 7) is -0.107. The van der Waals surface area contributed by atoms with Crippen molar-refractivity contribution in [2.45, 2.75) is 0 Å². The number of nitrogens with one attached hydrogen (secondary N) is 2. The van der Waals surface area contributed by atoms with Crippen LogP contribution in [-0.4, -0.2) is 17.6 Å². The van der Waals surface area contributed by atoms with Gasteiger partial charge in [0.1, 0.15) is 5.75 Å². The van der Waals surface area contributed by atoms with Crippen molar-refractivity contribution in [3.8, 4) is 5.75 Å². The topological polar surface area (TPSA) is 50.4 Å². The molecule has 4 nitrogen and oxygen atoms in total. The Bertz CT molecular complexity index is 660. The summed E-state index contributed by atoms with van der Waals surface area (Å²) in [6, 6.07) is 14.7. The van der Waals surface area contributed by atoms with Gasteiger partial charge >= 0.3 is 0 Å². The Morgan fingerprint density at radius 1 is 1.00 bits per heavy atom. The molecule has 2 N–H and O–H groups in total. The van der Waals surface area contributed by atoms with E-state index < -0.39 is 0 Å². The van der Waals surface area contributed by atoms with Gasteiger partial charge in [-0.1, -0.05) is 31.9 Å². The van der Waals surface area contributed by atoms with Crippen LogP contribution in [0.1, 0.15) is 0 Å². The fourth-order valence-corrected chi connectivity index (χ4v) is 2.30. The van der Waals surface area contributed by atoms with Gasteiger partial charge in [-0.15, -0.1) is 0 Å². The van der Waals surface area contributed by atoms with Crippen LogP contribution < -0.4 is 15.4 Å². The number of thiocarbonyl (C=S) groups is 1. The number of ether oxygens (including phenoxy) is 1. The van der Waals surface area contributed by atoms with Crippen molar-refractivity contribution in [3.05, 3.63) is 57.5 Å². The maximum atomic E-state index is 11.8. The zero-order chi connectivity index (χ0) is 15.9. The first-order valence-corrected chi connectivity index (χ1v) is 8.27. The second-order valence-corrected chi connectivity index (χ2v) is 6.49. The van der Waals surface area contributed by atoms with Crippen LogP contribution >= 0.6 is 44.1 Å². The number of carbonyl (C=O) groups excluding carboxylic acids is 1. The molecular formula is C15H12Br2N2O2S. The first kappa shape index (κ1) is 16.9. The van der Waals surface area contributed by atoms with E-state index >= 15 is 0 Å². The van der Waals surface area contributed by atoms with Crippen molar-refractivity contribution in [1.82, 2.24) is 5.32 Å². The summed E-state index contributed by atoms with van der Waals surface area (Å²) in [5, 5.41) is 5.71. The van der Waals surface area contributed by atoms with Crippen LogP contribution in [0.5, 0.6) is 5.75 Å². The number of amides is 1. The monoisotopic (exact) mass is 442 g/mol. The lowest BCUT2D eigenvalue weighted by atomic mass is 10.3. The largest absolute Gasteiger partial charge is 0.484 e. The standard InChI is InChI=1S/C15H12Br2N2O2S/c16-10-1-5-12(6-2-10)18-15(22)19-14(20)9-21-13-7-3-11(17)4-8-13/h1-8H,9H2,(H2,18,19,20,22). The SMILES string of the molecule is O=C(COc1ccc(Br)cc1)NC(=S)Nc1ccc(Br)cc1. The zero-order valence-corrected chi connectivity index (χ0v) is 15.3. The van der Waals surface area contributed by atoms with Gasteiger partial charge in [0.25, 0.3) is 5.91 Å². The van der Waals surface area contributed by atoms with Crippen LogP contribution in [-0.2, 0) is 4.79 Å². The van der Waals surface area contributed by atoms with Crippen LogP contribution in [0, 0.1) is 0 Å². The zero-order valence-electron chi connectivity index (χ0n) is 11.3. The van der Waals surface area contributed by atoms with E-state index in [0.29, 0.717) is 5.75 Å². The summed E-state index contributed by atoms with van der Waals surface area (Å²) in [6.07, 6.45) is 0. The lowest BCUT2D eigenvalue weighted by molar-refractivity contribution is -0.121. The van der Waals surface area contributed by atoms with Crippen LogP contribution in [0.4, 0.5) is 5.69 Å². The lowest BCUT2D eigenvalue weighted by Crippen LogP contribution is -2.37. The summed E-state index contributed by atoms with van der Waals surface area (Å²) in [5.74, 6) is 0.294. The summed E-state index contributed by atoms with van der Waals surface area (Å²) < 4.78 is 7.28. The minimum absolute atomic E-state index is 0.107. The van der Waals surface area contributed by atoms with Gasteiger partial charge in [-0.25, -0.2) is 0 Å². The summed E-state index contributed by atoms with van der Waals surface area (Å²) in [4.78, 5) is 11.8. The van der Waals surface area contributed by atoms with Gasteiger partial charge in [-0.05, 0) is 60.7 Å². The number of halogens is 2. The molecule has 22 heavy (non-hydrogen) atoms. The van der Waals surface area contributed by atoms with Crippen LogP contribution in [0.3, 0.4) is 0 Å². The van der Waals surface area contributed by atoms with Gasteiger partial charge in [-0.3, -0.25) is 10.1 Å². The van der Waals surface area contributed by atoms with Gasteiger partial charge in [0.05, 0.1) is 0 Å². The van der Waals surface area contributed by atoms with E-state index in [4.69, 9.17) is 17.0 Å². The number of benzene rings is 2. The molecule has 2 aromatic rings. The first-order valence-electron chi connectivity index (χ1n) is 6.28. The first-order chi connectivity index (χ1) is 10.5. The Morgan fingerprint density at radius 2 is 1.55 bits per heavy atom. The van der Waals surface area contributed by atoms with Crippen LogP contribution in [0.15, 0.2) is 57.5 Å². The molecule has 0 spiro atoms. The molecule has 0 saturated heterocycles. The van der Waals surface area contributed by atoms with E-state index in [9.17, 15) is 4.79 Å². The molecule has 0 aliphatic carbocycles. The van der Waals surface area contributed by atoms with E-state index in [1.807, 2.05) is 36.4 Å². The Labute approximate surface area is 150 Å². The maximum Gasteiger partial charge on any atom is 0.264 e. The van der Waals surface area contributed by atoms with E-state index in [1.165, 1.54) is 0 Å². The molecule has 0 aliphatic rings. The molecule has 0 fully saturated rings. The van der Waals surface area contributed by atoms with Gasteiger partial charge in [-0.2, -0.15) is 0 Å². The van der Waals surface area contributed by atoms with Gasteiger partial charge in [0, 0.05) is 14.6 Å². The van der Waals surface area contributed by atoms with Crippen molar-refractivity contribution in [3.63, 3.8) is 0 Å². The normalized spacial score (nSPS) is 9.91. The molecule has 1 amide bonds. The highest BCUT2D eigenvalue weighted by Gasteiger charge is 2.06. The fraction of sp³-hybridized carbons (Fsp3) is 0.0667. The molecule has 0 heterocycles. The fourth-order valence-electron chi connectivity index (χ4n) is 1.54. The molecule has 0 aliphatic heterocycles. The summed E-state index contributed by atoms with van der Waals surface area (Å²) in [7, 11) is 0. The van der Waals surface area contributed by atoms with E-state index in [2.05, 4.69) is 42.5 Å². The van der Waals surface area contributed by atoms with E-state index in [1.54, 1.807) is 12.1 Å². The molecule has 2 rings (SSSR count). The third-order valence-corrected chi connectivity index (χ3v) is 3.80. The highest BCUT2D eigenvalue weighted by Crippen LogP contribution is 2.16. The van der Waals surface area contributed by atoms with Crippen molar-refractivity contribution in [2.75, 3.05) is 11.9 Å². The summed E-state index contributed by atoms with van der Waals surface area (Å²) >= 11 is 11.8. The van der Waals surface area contributed by atoms with Gasteiger partial charge in [0.2, 0.25) is 0 Å². The highest BCUT2D eigenvalue weighted by atomic mass is 79.9. The van der Waals surface area contributed by atoms with Crippen molar-refractivity contribution >= 4 is 60.8 Å². The molecule has 0 atom stereocenters. The molecule has 7 heteroatoms. The molecule has 0 unspecified atom stereocenters. The van der Waals surface area contributed by atoms with Crippen LogP contribution in [0.25, 0.3) is 0 Å². The molecule has 0 bridgehead atoms. The van der Waals surface area contributed by atoms with Gasteiger partial charge in [0.15, 0.2) is 11.7 Å². The molecule has 114 valence electrons. The minimum atomic E-state index is -0.322.